The van der Waals surface area contributed by atoms with Crippen molar-refractivity contribution in [3.8, 4) is 0 Å². The van der Waals surface area contributed by atoms with E-state index in [-0.39, 0.29) is 65.3 Å². The molecular formula is C46H79Br2Cl6LiN6O6. The number of halogens is 8. The zero-order valence-corrected chi connectivity index (χ0v) is 49.6. The van der Waals surface area contributed by atoms with Gasteiger partial charge < -0.3 is 27.4 Å². The Kier molecular flexibility index (Phi) is 25.0. The van der Waals surface area contributed by atoms with Gasteiger partial charge in [-0.05, 0) is 187 Å². The number of allylic oxidation sites excluding steroid dienone is 1. The molecule has 0 aliphatic heterocycles. The zero-order chi connectivity index (χ0) is 47.9. The Morgan fingerprint density at radius 2 is 1.06 bits per heavy atom. The maximum absolute atomic E-state index is 12.4. The summed E-state index contributed by atoms with van der Waals surface area (Å²) in [5.41, 5.74) is 13.1. The molecule has 0 saturated heterocycles. The number of aliphatic imine (C=N–C) groups is 1. The van der Waals surface area contributed by atoms with Gasteiger partial charge in [-0.15, -0.1) is 71.2 Å². The van der Waals surface area contributed by atoms with E-state index >= 15 is 0 Å². The van der Waals surface area contributed by atoms with E-state index < -0.39 is 35.1 Å². The summed E-state index contributed by atoms with van der Waals surface area (Å²) >= 11 is 28.9. The molecule has 0 spiro atoms. The molecular weight excluding hydrogens is 1110 g/mol. The maximum atomic E-state index is 12.4. The zero-order valence-electron chi connectivity index (χ0n) is 41.7. The molecule has 12 nitrogen and oxygen atoms in total. The Bertz CT molecular complexity index is 1620. The summed E-state index contributed by atoms with van der Waals surface area (Å²) in [7, 11) is 0. The summed E-state index contributed by atoms with van der Waals surface area (Å²) in [6, 6.07) is 0. The quantitative estimate of drug-likeness (QED) is 0.0296. The third-order valence-corrected chi connectivity index (χ3v) is 17.5. The van der Waals surface area contributed by atoms with Crippen LogP contribution in [0.25, 0.3) is 0 Å². The Morgan fingerprint density at radius 3 is 1.18 bits per heavy atom. The minimum Gasteiger partial charge on any atom is -0.443 e. The monoisotopic (exact) mass is 1190 g/mol. The molecule has 21 heteroatoms. The van der Waals surface area contributed by atoms with E-state index in [0.29, 0.717) is 40.5 Å². The molecule has 13 aliphatic rings. The summed E-state index contributed by atoms with van der Waals surface area (Å²) in [4.78, 5) is 37.8. The number of hydrazine groups is 2. The molecule has 0 aromatic rings. The number of nitrogens with two attached hydrogens (primary N) is 2. The van der Waals surface area contributed by atoms with Crippen LogP contribution in [0.5, 0.6) is 0 Å². The SMILES string of the molecule is C1C23CC12C3.C=C(CCl)CCl.C=NC(=O)OC(C)(C)C.CC(C)(C)OC(=O)NN(C(=O)OC(C)(C)C)C12CC(C1)C2.Cl.Cl.ClCC1(CCl)CC1(Br)Br.NC12CC(C1)C2.NNC12CC(C1)C2.[CH3-].[Li+]. The van der Waals surface area contributed by atoms with Crippen molar-refractivity contribution in [2.75, 3.05) is 23.5 Å². The normalized spacial score (nSPS) is 32.6. The van der Waals surface area contributed by atoms with Crippen LogP contribution in [-0.4, -0.2) is 90.2 Å². The van der Waals surface area contributed by atoms with Gasteiger partial charge in [-0.25, -0.2) is 24.8 Å². The molecule has 0 unspecified atom stereocenters. The Labute approximate surface area is 463 Å². The van der Waals surface area contributed by atoms with Crippen molar-refractivity contribution in [2.45, 2.75) is 182 Å². The Balaban J connectivity index is 0.000000801. The van der Waals surface area contributed by atoms with Gasteiger partial charge in [0.25, 0.3) is 0 Å². The first kappa shape index (κ1) is 67.6. The summed E-state index contributed by atoms with van der Waals surface area (Å²) in [5, 5.41) is 1.34. The fourth-order valence-corrected chi connectivity index (χ4v) is 12.2. The fraction of sp³-hybridized carbons (Fsp3) is 0.848. The maximum Gasteiger partial charge on any atom is 1.00 e. The van der Waals surface area contributed by atoms with E-state index in [4.69, 9.17) is 72.2 Å². The van der Waals surface area contributed by atoms with Gasteiger partial charge in [0.05, 0.1) is 8.77 Å². The molecule has 6 bridgehead atoms. The first-order valence-corrected chi connectivity index (χ1v) is 25.7. The van der Waals surface area contributed by atoms with Crippen molar-refractivity contribution in [1.29, 1.82) is 0 Å². The summed E-state index contributed by atoms with van der Waals surface area (Å²) in [6.45, 7) is 22.6. The van der Waals surface area contributed by atoms with Crippen LogP contribution in [-0.2, 0) is 14.2 Å². The van der Waals surface area contributed by atoms with Crippen molar-refractivity contribution in [1.82, 2.24) is 15.9 Å². The van der Waals surface area contributed by atoms with E-state index in [1.54, 1.807) is 81.6 Å². The Hall–Kier alpha value is 0.597. The molecule has 6 N–H and O–H groups in total. The number of amides is 3. The van der Waals surface area contributed by atoms with Crippen LogP contribution in [0.4, 0.5) is 14.4 Å². The van der Waals surface area contributed by atoms with Gasteiger partial charge in [0, 0.05) is 40.0 Å². The molecule has 13 aliphatic carbocycles. The van der Waals surface area contributed by atoms with Gasteiger partial charge in [0.1, 0.15) is 16.8 Å². The number of alkyl halides is 6. The second-order valence-electron chi connectivity index (χ2n) is 23.1. The Morgan fingerprint density at radius 1 is 0.716 bits per heavy atom. The largest absolute Gasteiger partial charge is 1.00 e. The number of ether oxygens (including phenoxy) is 3. The van der Waals surface area contributed by atoms with Gasteiger partial charge in [0.2, 0.25) is 0 Å². The first-order valence-electron chi connectivity index (χ1n) is 22.0. The van der Waals surface area contributed by atoms with Crippen molar-refractivity contribution < 1.29 is 47.5 Å². The molecule has 13 rings (SSSR count). The van der Waals surface area contributed by atoms with Crippen LogP contribution in [0.1, 0.15) is 146 Å². The number of hydrogen-bond donors (Lipinski definition) is 4. The van der Waals surface area contributed by atoms with Crippen LogP contribution in [0, 0.1) is 41.4 Å². The number of hydrogen-bond acceptors (Lipinski definition) is 9. The fourth-order valence-electron chi connectivity index (χ4n) is 8.66. The topological polar surface area (TPSA) is 171 Å². The molecule has 3 amide bonds. The first-order chi connectivity index (χ1) is 28.7. The van der Waals surface area contributed by atoms with Crippen molar-refractivity contribution in [3.05, 3.63) is 19.6 Å². The van der Waals surface area contributed by atoms with Gasteiger partial charge in [-0.2, -0.15) is 4.99 Å². The molecule has 67 heavy (non-hydrogen) atoms. The third-order valence-electron chi connectivity index (χ3n) is 13.5. The number of carbonyl (C=O) groups is 3. The summed E-state index contributed by atoms with van der Waals surface area (Å²) in [5.74, 6) is 10.2. The van der Waals surface area contributed by atoms with Gasteiger partial charge in [-0.3, -0.25) is 11.3 Å². The standard InChI is InChI=1S/C15H26N2O4.C6H11NO2.C5H6Br2Cl2.C5H10N2.C5H9N.C5H6.C4H6Cl2.CH3.2ClH.Li/c1-13(2,3)20-11(18)16-17(12(19)21-14(4,5)6)15-7-10(8-15)9-15;1-6(2,3)9-5(8)7-4;6-5(7)1-4(5,2-8)3-9;6-7-5-1-4(2-5)3-5;6-5-1-4(2-5)3-5;1-4-2-5(1,4)3-4;1-4(2-5)3-6;;;;/h10H,7-9H2,1-6H3,(H,16,18);4H2,1-3H3;1-3H2;4,7H,1-3,6H2;4H,1-3,6H2;1-3H2;1-3H2;1H3;2*1H;/q;;;;;;;-1;;;+1. The van der Waals surface area contributed by atoms with Gasteiger partial charge >= 0.3 is 37.1 Å². The van der Waals surface area contributed by atoms with E-state index in [0.717, 1.165) is 53.9 Å². The van der Waals surface area contributed by atoms with Crippen LogP contribution in [0.2, 0.25) is 0 Å². The minimum absolute atomic E-state index is 0. The number of nitrogens with zero attached hydrogens (tertiary/aromatic N) is 2. The average molecular weight is 1190 g/mol. The minimum atomic E-state index is -0.627. The number of carbonyl (C=O) groups excluding carboxylic acids is 3. The third kappa shape index (κ3) is 18.2. The van der Waals surface area contributed by atoms with Crippen molar-refractivity contribution in [2.24, 2.45) is 50.6 Å². The van der Waals surface area contributed by atoms with Gasteiger partial charge in [-0.1, -0.05) is 38.4 Å². The van der Waals surface area contributed by atoms with E-state index in [1.165, 1.54) is 43.5 Å². The molecule has 0 atom stereocenters. The average Bonchev–Trinajstić information content (AvgIpc) is 3.97. The van der Waals surface area contributed by atoms with E-state index in [2.05, 4.69) is 61.0 Å². The smallest absolute Gasteiger partial charge is 0.443 e. The van der Waals surface area contributed by atoms with Crippen molar-refractivity contribution in [3.63, 3.8) is 0 Å². The second-order valence-corrected chi connectivity index (χ2v) is 27.9. The van der Waals surface area contributed by atoms with Crippen molar-refractivity contribution >= 4 is 128 Å². The number of rotatable bonds is 6. The van der Waals surface area contributed by atoms with Crippen LogP contribution in [0.15, 0.2) is 17.1 Å². The second kappa shape index (κ2) is 24.8. The molecule has 13 fully saturated rings. The predicted molar refractivity (Wildman–Crippen MR) is 284 cm³/mol. The number of nitrogens with one attached hydrogen (secondary N) is 2. The summed E-state index contributed by atoms with van der Waals surface area (Å²) in [6.07, 6.45) is 14.9. The molecule has 386 valence electrons. The molecule has 13 saturated carbocycles. The molecule has 0 radical (unpaired) electrons. The predicted octanol–water partition coefficient (Wildman–Crippen LogP) is 10.2. The molecule has 0 aromatic heterocycles. The van der Waals surface area contributed by atoms with Crippen LogP contribution in [0.3, 0.4) is 0 Å². The summed E-state index contributed by atoms with van der Waals surface area (Å²) < 4.78 is 15.4. The molecule has 0 heterocycles. The molecule has 0 aromatic carbocycles. The van der Waals surface area contributed by atoms with Crippen LogP contribution < -0.4 is 41.3 Å². The van der Waals surface area contributed by atoms with Crippen LogP contribution >= 0.6 is 103 Å². The van der Waals surface area contributed by atoms with E-state index in [9.17, 15) is 14.4 Å². The van der Waals surface area contributed by atoms with E-state index in [1.807, 2.05) is 0 Å². The van der Waals surface area contributed by atoms with Gasteiger partial charge in [0.15, 0.2) is 0 Å².